The Morgan fingerprint density at radius 2 is 1.45 bits per heavy atom. The Hall–Kier alpha value is -6.41. The van der Waals surface area contributed by atoms with Crippen LogP contribution in [0.15, 0.2) is 155 Å². The highest BCUT2D eigenvalue weighted by molar-refractivity contribution is 8.00. The molecule has 1 heterocycles. The van der Waals surface area contributed by atoms with Crippen molar-refractivity contribution in [2.24, 2.45) is 0 Å². The Morgan fingerprint density at radius 3 is 2.11 bits per heavy atom. The maximum absolute atomic E-state index is 14.0. The number of thioether (sulfide) groups is 1. The Balaban J connectivity index is 1.24. The van der Waals surface area contributed by atoms with Gasteiger partial charge in [-0.15, -0.1) is 23.1 Å². The highest BCUT2D eigenvalue weighted by Crippen LogP contribution is 2.40. The third kappa shape index (κ3) is 9.28. The van der Waals surface area contributed by atoms with E-state index in [9.17, 15) is 19.6 Å². The first-order chi connectivity index (χ1) is 25.8. The van der Waals surface area contributed by atoms with Crippen LogP contribution in [0, 0.1) is 11.3 Å². The molecule has 262 valence electrons. The number of nitrogens with one attached hydrogen (secondary N) is 3. The molecule has 5 aromatic carbocycles. The van der Waals surface area contributed by atoms with Crippen LogP contribution in [0.3, 0.4) is 0 Å². The van der Waals surface area contributed by atoms with Crippen molar-refractivity contribution in [3.05, 3.63) is 173 Å². The minimum atomic E-state index is -0.679. The Kier molecular flexibility index (Phi) is 11.8. The molecule has 3 amide bonds. The number of nitrogens with zero attached hydrogens (tertiary/aromatic N) is 2. The zero-order valence-corrected chi connectivity index (χ0v) is 30.6. The summed E-state index contributed by atoms with van der Waals surface area (Å²) in [4.78, 5) is 43.6. The van der Waals surface area contributed by atoms with Crippen molar-refractivity contribution in [2.45, 2.75) is 10.1 Å². The van der Waals surface area contributed by atoms with Crippen molar-refractivity contribution in [1.29, 1.82) is 5.26 Å². The molecule has 0 saturated heterocycles. The largest absolute Gasteiger partial charge is 0.378 e. The van der Waals surface area contributed by atoms with Crippen LogP contribution >= 0.6 is 23.1 Å². The van der Waals surface area contributed by atoms with Crippen LogP contribution in [0.4, 0.5) is 16.4 Å². The van der Waals surface area contributed by atoms with E-state index >= 15 is 0 Å². The predicted octanol–water partition coefficient (Wildman–Crippen LogP) is 9.23. The minimum absolute atomic E-state index is 0.0650. The predicted molar refractivity (Wildman–Crippen MR) is 216 cm³/mol. The molecule has 3 N–H and O–H groups in total. The number of amides is 3. The molecule has 0 spiro atoms. The fourth-order valence-electron chi connectivity index (χ4n) is 5.43. The van der Waals surface area contributed by atoms with Gasteiger partial charge in [0.1, 0.15) is 22.0 Å². The van der Waals surface area contributed by atoms with Crippen LogP contribution in [-0.4, -0.2) is 31.8 Å². The number of carbonyl (C=O) groups is 3. The molecule has 0 bridgehead atoms. The van der Waals surface area contributed by atoms with Gasteiger partial charge in [-0.3, -0.25) is 14.4 Å². The number of thiophene rings is 1. The monoisotopic (exact) mass is 733 g/mol. The Morgan fingerprint density at radius 1 is 0.792 bits per heavy atom. The van der Waals surface area contributed by atoms with E-state index in [0.717, 1.165) is 32.8 Å². The zero-order valence-electron chi connectivity index (χ0n) is 28.9. The summed E-state index contributed by atoms with van der Waals surface area (Å²) in [6.45, 7) is 0. The van der Waals surface area contributed by atoms with Crippen LogP contribution < -0.4 is 20.9 Å². The number of anilines is 3. The third-order valence-electron chi connectivity index (χ3n) is 8.16. The van der Waals surface area contributed by atoms with E-state index in [1.165, 1.54) is 23.1 Å². The van der Waals surface area contributed by atoms with Crippen molar-refractivity contribution < 1.29 is 14.4 Å². The van der Waals surface area contributed by atoms with E-state index in [2.05, 4.69) is 22.0 Å². The van der Waals surface area contributed by atoms with Crippen molar-refractivity contribution in [2.75, 3.05) is 29.6 Å². The van der Waals surface area contributed by atoms with Gasteiger partial charge in [0.25, 0.3) is 11.8 Å². The van der Waals surface area contributed by atoms with E-state index in [4.69, 9.17) is 0 Å². The molecule has 6 aromatic rings. The smallest absolute Gasteiger partial charge is 0.272 e. The molecule has 8 nitrogen and oxygen atoms in total. The van der Waals surface area contributed by atoms with Gasteiger partial charge in [0.05, 0.1) is 5.56 Å². The van der Waals surface area contributed by atoms with E-state index in [-0.39, 0.29) is 11.6 Å². The number of benzene rings is 5. The Bertz CT molecular complexity index is 2280. The van der Waals surface area contributed by atoms with Gasteiger partial charge in [-0.1, -0.05) is 97.1 Å². The minimum Gasteiger partial charge on any atom is -0.378 e. The molecule has 0 radical (unpaired) electrons. The number of carbonyl (C=O) groups excluding carboxylic acids is 3. The topological polar surface area (TPSA) is 114 Å². The van der Waals surface area contributed by atoms with Crippen LogP contribution in [-0.2, 0) is 9.59 Å². The van der Waals surface area contributed by atoms with Crippen molar-refractivity contribution in [3.8, 4) is 17.2 Å². The SMILES string of the molecule is CN(C)c1ccc(/C=C(/NC(=O)c2ccccc2)C(=O)Nc2cccc(SC(C(=O)Nc3scc(-c4ccccc4)c3C#N)c3ccccc3)c2)cc1. The van der Waals surface area contributed by atoms with E-state index in [1.807, 2.05) is 121 Å². The molecule has 6 rings (SSSR count). The summed E-state index contributed by atoms with van der Waals surface area (Å²) in [6, 6.07) is 44.8. The summed E-state index contributed by atoms with van der Waals surface area (Å²) in [6.07, 6.45) is 1.63. The molecule has 0 aliphatic carbocycles. The highest BCUT2D eigenvalue weighted by atomic mass is 32.2. The molecule has 0 fully saturated rings. The van der Waals surface area contributed by atoms with E-state index in [0.29, 0.717) is 21.8 Å². The first kappa shape index (κ1) is 36.4. The number of nitriles is 1. The van der Waals surface area contributed by atoms with Gasteiger partial charge < -0.3 is 20.9 Å². The van der Waals surface area contributed by atoms with Gasteiger partial charge >= 0.3 is 0 Å². The van der Waals surface area contributed by atoms with Gasteiger partial charge in [0, 0.05) is 46.9 Å². The van der Waals surface area contributed by atoms with Gasteiger partial charge in [0.15, 0.2) is 0 Å². The Labute approximate surface area is 316 Å². The summed E-state index contributed by atoms with van der Waals surface area (Å²) in [5.41, 5.74) is 5.53. The second-order valence-corrected chi connectivity index (χ2v) is 14.1. The van der Waals surface area contributed by atoms with Crippen molar-refractivity contribution >= 4 is 63.3 Å². The summed E-state index contributed by atoms with van der Waals surface area (Å²) in [7, 11) is 3.89. The lowest BCUT2D eigenvalue weighted by Gasteiger charge is -2.18. The van der Waals surface area contributed by atoms with Crippen molar-refractivity contribution in [1.82, 2.24) is 5.32 Å². The van der Waals surface area contributed by atoms with Gasteiger partial charge in [0.2, 0.25) is 5.91 Å². The average Bonchev–Trinajstić information content (AvgIpc) is 3.60. The highest BCUT2D eigenvalue weighted by Gasteiger charge is 2.25. The number of hydrogen-bond acceptors (Lipinski definition) is 7. The molecule has 1 aromatic heterocycles. The summed E-state index contributed by atoms with van der Waals surface area (Å²) in [5, 5.41) is 20.5. The maximum Gasteiger partial charge on any atom is 0.272 e. The summed E-state index contributed by atoms with van der Waals surface area (Å²) in [5.74, 6) is -1.22. The lowest BCUT2D eigenvalue weighted by Crippen LogP contribution is -2.30. The normalized spacial score (nSPS) is 11.5. The van der Waals surface area contributed by atoms with Gasteiger partial charge in [-0.25, -0.2) is 0 Å². The van der Waals surface area contributed by atoms with Crippen LogP contribution in [0.1, 0.15) is 32.3 Å². The van der Waals surface area contributed by atoms with E-state index in [1.54, 1.807) is 48.5 Å². The molecular weight excluding hydrogens is 699 g/mol. The molecular formula is C43H35N5O3S2. The van der Waals surface area contributed by atoms with Crippen LogP contribution in [0.25, 0.3) is 17.2 Å². The van der Waals surface area contributed by atoms with Crippen molar-refractivity contribution in [3.63, 3.8) is 0 Å². The molecule has 1 atom stereocenters. The van der Waals surface area contributed by atoms with Gasteiger partial charge in [-0.05, 0) is 65.2 Å². The van der Waals surface area contributed by atoms with Crippen LogP contribution in [0.2, 0.25) is 0 Å². The standard InChI is InChI=1S/C43H35N5O3S2/c1-48(2)34-23-21-29(22-24-34)25-38(46-40(49)32-17-10-5-11-18-32)41(50)45-33-19-12-20-35(26-33)53-39(31-15-8-4-9-16-31)42(51)47-43-36(27-44)37(28-52-43)30-13-6-3-7-14-30/h3-26,28,39H,1-2H3,(H,45,50)(H,46,49)(H,47,51)/b38-25+. The van der Waals surface area contributed by atoms with Crippen LogP contribution in [0.5, 0.6) is 0 Å². The lowest BCUT2D eigenvalue weighted by molar-refractivity contribution is -0.116. The second kappa shape index (κ2) is 17.2. The zero-order chi connectivity index (χ0) is 37.2. The number of rotatable bonds is 12. The summed E-state index contributed by atoms with van der Waals surface area (Å²) < 4.78 is 0. The maximum atomic E-state index is 14.0. The third-order valence-corrected chi connectivity index (χ3v) is 10.3. The van der Waals surface area contributed by atoms with E-state index < -0.39 is 17.1 Å². The fourth-order valence-corrected chi connectivity index (χ4v) is 7.43. The second-order valence-electron chi connectivity index (χ2n) is 12.1. The number of hydrogen-bond donors (Lipinski definition) is 3. The molecule has 53 heavy (non-hydrogen) atoms. The molecule has 10 heteroatoms. The molecule has 0 saturated carbocycles. The van der Waals surface area contributed by atoms with Gasteiger partial charge in [-0.2, -0.15) is 5.26 Å². The first-order valence-electron chi connectivity index (χ1n) is 16.7. The lowest BCUT2D eigenvalue weighted by atomic mass is 10.1. The molecule has 0 aliphatic heterocycles. The fraction of sp³-hybridized carbons (Fsp3) is 0.0698. The first-order valence-corrected chi connectivity index (χ1v) is 18.4. The average molecular weight is 734 g/mol. The quantitative estimate of drug-likeness (QED) is 0.0854. The molecule has 0 aliphatic rings. The summed E-state index contributed by atoms with van der Waals surface area (Å²) >= 11 is 2.63. The molecule has 1 unspecified atom stereocenters.